The average Bonchev–Trinajstić information content (AvgIpc) is 2.39. The number of piperidine rings is 1. The van der Waals surface area contributed by atoms with Gasteiger partial charge in [0, 0.05) is 19.6 Å². The summed E-state index contributed by atoms with van der Waals surface area (Å²) in [5, 5.41) is 0. The molecule has 0 atom stereocenters. The van der Waals surface area contributed by atoms with Crippen LogP contribution < -0.4 is 0 Å². The average molecular weight is 300 g/mol. The molecule has 2 rings (SSSR count). The molecule has 4 nitrogen and oxygen atoms in total. The van der Waals surface area contributed by atoms with Crippen molar-refractivity contribution in [3.8, 4) is 0 Å². The van der Waals surface area contributed by atoms with E-state index >= 15 is 0 Å². The van der Waals surface area contributed by atoms with E-state index in [9.17, 15) is 12.8 Å². The topological polar surface area (TPSA) is 40.6 Å². The molecule has 0 N–H and O–H groups in total. The molecule has 6 heteroatoms. The molecule has 1 aromatic carbocycles. The van der Waals surface area contributed by atoms with Crippen LogP contribution in [0.15, 0.2) is 29.2 Å². The van der Waals surface area contributed by atoms with Crippen LogP contribution in [-0.2, 0) is 10.0 Å². The van der Waals surface area contributed by atoms with E-state index in [1.54, 1.807) is 0 Å². The fraction of sp³-hybridized carbons (Fsp3) is 0.571. The zero-order valence-corrected chi connectivity index (χ0v) is 12.7. The Kier molecular flexibility index (Phi) is 4.78. The third kappa shape index (κ3) is 3.56. The Labute approximate surface area is 120 Å². The van der Waals surface area contributed by atoms with E-state index in [0.717, 1.165) is 19.4 Å². The lowest BCUT2D eigenvalue weighted by molar-refractivity contribution is 0.225. The van der Waals surface area contributed by atoms with Gasteiger partial charge in [0.25, 0.3) is 0 Å². The van der Waals surface area contributed by atoms with Crippen LogP contribution in [0.3, 0.4) is 0 Å². The Bertz CT molecular complexity index is 535. The quantitative estimate of drug-likeness (QED) is 0.851. The van der Waals surface area contributed by atoms with E-state index in [-0.39, 0.29) is 4.90 Å². The van der Waals surface area contributed by atoms with Crippen LogP contribution in [0.25, 0.3) is 0 Å². The largest absolute Gasteiger partial charge is 0.309 e. The summed E-state index contributed by atoms with van der Waals surface area (Å²) < 4.78 is 39.2. The molecular formula is C14H21FN2O2S. The third-order valence-electron chi connectivity index (χ3n) is 3.65. The molecule has 1 aliphatic heterocycles. The van der Waals surface area contributed by atoms with Crippen molar-refractivity contribution in [2.24, 2.45) is 5.92 Å². The van der Waals surface area contributed by atoms with E-state index in [4.69, 9.17) is 0 Å². The standard InChI is InChI=1S/C14H21FN2O2S/c1-16(2)11-12-7-9-17(10-8-12)20(18,19)14-5-3-13(15)4-6-14/h3-6,12H,7-11H2,1-2H3. The van der Waals surface area contributed by atoms with Crippen molar-refractivity contribution in [2.45, 2.75) is 17.7 Å². The smallest absolute Gasteiger partial charge is 0.243 e. The first-order valence-electron chi connectivity index (χ1n) is 6.80. The molecule has 0 aliphatic carbocycles. The van der Waals surface area contributed by atoms with E-state index in [2.05, 4.69) is 4.90 Å². The molecule has 112 valence electrons. The zero-order chi connectivity index (χ0) is 14.8. The van der Waals surface area contributed by atoms with Crippen molar-refractivity contribution in [1.29, 1.82) is 0 Å². The first-order chi connectivity index (χ1) is 9.39. The van der Waals surface area contributed by atoms with Gasteiger partial charge >= 0.3 is 0 Å². The second-order valence-corrected chi connectivity index (χ2v) is 7.50. The Hall–Kier alpha value is -0.980. The number of benzene rings is 1. The first-order valence-corrected chi connectivity index (χ1v) is 8.24. The molecule has 0 unspecified atom stereocenters. The van der Waals surface area contributed by atoms with Gasteiger partial charge in [0.1, 0.15) is 5.82 Å². The predicted octanol–water partition coefficient (Wildman–Crippen LogP) is 1.79. The molecule has 1 saturated heterocycles. The van der Waals surface area contributed by atoms with Gasteiger partial charge < -0.3 is 4.90 Å². The van der Waals surface area contributed by atoms with Crippen molar-refractivity contribution < 1.29 is 12.8 Å². The monoisotopic (exact) mass is 300 g/mol. The lowest BCUT2D eigenvalue weighted by Crippen LogP contribution is -2.40. The van der Waals surface area contributed by atoms with Gasteiger partial charge in [-0.25, -0.2) is 12.8 Å². The number of hydrogen-bond acceptors (Lipinski definition) is 3. The lowest BCUT2D eigenvalue weighted by Gasteiger charge is -2.32. The van der Waals surface area contributed by atoms with Crippen molar-refractivity contribution in [3.63, 3.8) is 0 Å². The van der Waals surface area contributed by atoms with Gasteiger partial charge in [0.15, 0.2) is 0 Å². The first kappa shape index (κ1) is 15.4. The maximum absolute atomic E-state index is 12.9. The summed E-state index contributed by atoms with van der Waals surface area (Å²) in [5.74, 6) is 0.123. The zero-order valence-electron chi connectivity index (χ0n) is 11.9. The summed E-state index contributed by atoms with van der Waals surface area (Å²) >= 11 is 0. The molecule has 0 radical (unpaired) electrons. The second-order valence-electron chi connectivity index (χ2n) is 5.56. The van der Waals surface area contributed by atoms with Crippen molar-refractivity contribution in [1.82, 2.24) is 9.21 Å². The SMILES string of the molecule is CN(C)CC1CCN(S(=O)(=O)c2ccc(F)cc2)CC1. The van der Waals surface area contributed by atoms with Crippen LogP contribution in [0.2, 0.25) is 0 Å². The Balaban J connectivity index is 2.04. The van der Waals surface area contributed by atoms with Crippen LogP contribution in [0.1, 0.15) is 12.8 Å². The summed E-state index contributed by atoms with van der Waals surface area (Å²) in [7, 11) is 0.581. The summed E-state index contributed by atoms with van der Waals surface area (Å²) in [6.45, 7) is 2.07. The Morgan fingerprint density at radius 1 is 1.20 bits per heavy atom. The highest BCUT2D eigenvalue weighted by Gasteiger charge is 2.29. The molecule has 0 saturated carbocycles. The second kappa shape index (κ2) is 6.20. The number of halogens is 1. The third-order valence-corrected chi connectivity index (χ3v) is 5.56. The summed E-state index contributed by atoms with van der Waals surface area (Å²) in [6.07, 6.45) is 1.75. The number of nitrogens with zero attached hydrogens (tertiary/aromatic N) is 2. The fourth-order valence-electron chi connectivity index (χ4n) is 2.60. The van der Waals surface area contributed by atoms with Gasteiger partial charge in [-0.15, -0.1) is 0 Å². The van der Waals surface area contributed by atoms with Crippen LogP contribution >= 0.6 is 0 Å². The summed E-state index contributed by atoms with van der Waals surface area (Å²) in [4.78, 5) is 2.30. The number of rotatable bonds is 4. The van der Waals surface area contributed by atoms with Crippen LogP contribution in [0, 0.1) is 11.7 Å². The number of hydrogen-bond donors (Lipinski definition) is 0. The molecule has 0 spiro atoms. The van der Waals surface area contributed by atoms with Crippen LogP contribution in [-0.4, -0.2) is 51.4 Å². The molecule has 1 heterocycles. The normalized spacial score (nSPS) is 18.6. The molecule has 20 heavy (non-hydrogen) atoms. The Morgan fingerprint density at radius 3 is 2.25 bits per heavy atom. The molecule has 0 amide bonds. The molecule has 1 aromatic rings. The molecular weight excluding hydrogens is 279 g/mol. The highest BCUT2D eigenvalue weighted by atomic mass is 32.2. The molecule has 0 bridgehead atoms. The maximum atomic E-state index is 12.9. The molecule has 1 aliphatic rings. The van der Waals surface area contributed by atoms with Crippen molar-refractivity contribution in [3.05, 3.63) is 30.1 Å². The molecule has 0 aromatic heterocycles. The van der Waals surface area contributed by atoms with Gasteiger partial charge in [-0.3, -0.25) is 0 Å². The number of sulfonamides is 1. The van der Waals surface area contributed by atoms with E-state index in [1.165, 1.54) is 28.6 Å². The predicted molar refractivity (Wildman–Crippen MR) is 76.4 cm³/mol. The van der Waals surface area contributed by atoms with Crippen LogP contribution in [0.4, 0.5) is 4.39 Å². The van der Waals surface area contributed by atoms with E-state index in [0.29, 0.717) is 19.0 Å². The van der Waals surface area contributed by atoms with E-state index < -0.39 is 15.8 Å². The van der Waals surface area contributed by atoms with Gasteiger partial charge in [-0.1, -0.05) is 0 Å². The summed E-state index contributed by atoms with van der Waals surface area (Å²) in [5.41, 5.74) is 0. The minimum Gasteiger partial charge on any atom is -0.309 e. The summed E-state index contributed by atoms with van der Waals surface area (Å²) in [6, 6.07) is 5.03. The Morgan fingerprint density at radius 2 is 1.75 bits per heavy atom. The van der Waals surface area contributed by atoms with E-state index in [1.807, 2.05) is 14.1 Å². The van der Waals surface area contributed by atoms with Crippen molar-refractivity contribution >= 4 is 10.0 Å². The van der Waals surface area contributed by atoms with Gasteiger partial charge in [0.05, 0.1) is 4.90 Å². The highest BCUT2D eigenvalue weighted by molar-refractivity contribution is 7.89. The highest BCUT2D eigenvalue weighted by Crippen LogP contribution is 2.24. The fourth-order valence-corrected chi connectivity index (χ4v) is 4.07. The molecule has 1 fully saturated rings. The van der Waals surface area contributed by atoms with Crippen molar-refractivity contribution in [2.75, 3.05) is 33.7 Å². The maximum Gasteiger partial charge on any atom is 0.243 e. The lowest BCUT2D eigenvalue weighted by atomic mass is 9.98. The van der Waals surface area contributed by atoms with Gasteiger partial charge in [-0.05, 0) is 57.1 Å². The minimum atomic E-state index is -3.48. The van der Waals surface area contributed by atoms with Gasteiger partial charge in [0.2, 0.25) is 10.0 Å². The van der Waals surface area contributed by atoms with Crippen LogP contribution in [0.5, 0.6) is 0 Å². The van der Waals surface area contributed by atoms with Gasteiger partial charge in [-0.2, -0.15) is 4.31 Å². The minimum absolute atomic E-state index is 0.171.